The number of benzene rings is 1. The van der Waals surface area contributed by atoms with Crippen molar-refractivity contribution in [3.63, 3.8) is 0 Å². The molecule has 1 heterocycles. The average molecular weight is 339 g/mol. The van der Waals surface area contributed by atoms with Gasteiger partial charge in [0.1, 0.15) is 0 Å². The van der Waals surface area contributed by atoms with Gasteiger partial charge in [0.15, 0.2) is 0 Å². The summed E-state index contributed by atoms with van der Waals surface area (Å²) in [6.07, 6.45) is 1.03. The van der Waals surface area contributed by atoms with E-state index in [1.54, 1.807) is 6.92 Å². The third-order valence-corrected chi connectivity index (χ3v) is 4.71. The Bertz CT molecular complexity index is 460. The number of carbonyl (C=O) groups excluding carboxylic acids is 1. The summed E-state index contributed by atoms with van der Waals surface area (Å²) in [5.41, 5.74) is 1.30. The Morgan fingerprint density at radius 1 is 1.40 bits per heavy atom. The highest BCUT2D eigenvalue weighted by Crippen LogP contribution is 2.22. The van der Waals surface area contributed by atoms with Gasteiger partial charge in [-0.15, -0.1) is 0 Å². The van der Waals surface area contributed by atoms with Crippen LogP contribution >= 0.6 is 15.9 Å². The summed E-state index contributed by atoms with van der Waals surface area (Å²) in [5, 5.41) is 3.71. The normalized spacial score (nSPS) is 24.5. The second-order valence-corrected chi connectivity index (χ2v) is 6.69. The van der Waals surface area contributed by atoms with E-state index in [1.807, 2.05) is 4.90 Å². The van der Waals surface area contributed by atoms with Gasteiger partial charge in [0, 0.05) is 36.6 Å². The molecule has 0 aromatic heterocycles. The zero-order chi connectivity index (χ0) is 14.7. The van der Waals surface area contributed by atoms with E-state index < -0.39 is 0 Å². The predicted molar refractivity (Wildman–Crippen MR) is 85.5 cm³/mol. The number of halogens is 1. The number of nitrogens with zero attached hydrogens (tertiary/aromatic N) is 1. The van der Waals surface area contributed by atoms with Crippen molar-refractivity contribution in [3.8, 4) is 0 Å². The van der Waals surface area contributed by atoms with Gasteiger partial charge in [0.25, 0.3) is 0 Å². The van der Waals surface area contributed by atoms with Crippen molar-refractivity contribution in [1.82, 2.24) is 10.2 Å². The van der Waals surface area contributed by atoms with E-state index in [1.165, 1.54) is 5.56 Å². The fraction of sp³-hybridized carbons (Fsp3) is 0.562. The molecule has 1 fully saturated rings. The summed E-state index contributed by atoms with van der Waals surface area (Å²) in [7, 11) is 0. The molecule has 1 amide bonds. The maximum atomic E-state index is 11.4. The SMILES string of the molecule is CC(=O)N1CC[C@H](N[C@H](C)c2ccc(Br)cc2)[C@H](C)C1. The number of hydrogen-bond acceptors (Lipinski definition) is 2. The van der Waals surface area contributed by atoms with E-state index >= 15 is 0 Å². The van der Waals surface area contributed by atoms with Crippen LogP contribution in [0.15, 0.2) is 28.7 Å². The molecular weight excluding hydrogens is 316 g/mol. The molecule has 0 aliphatic carbocycles. The lowest BCUT2D eigenvalue weighted by atomic mass is 9.92. The van der Waals surface area contributed by atoms with E-state index in [9.17, 15) is 4.79 Å². The second-order valence-electron chi connectivity index (χ2n) is 5.78. The van der Waals surface area contributed by atoms with E-state index in [0.29, 0.717) is 18.0 Å². The Kier molecular flexibility index (Phi) is 5.22. The van der Waals surface area contributed by atoms with Crippen LogP contribution in [0.3, 0.4) is 0 Å². The summed E-state index contributed by atoms with van der Waals surface area (Å²) in [6.45, 7) is 7.81. The van der Waals surface area contributed by atoms with E-state index in [0.717, 1.165) is 24.0 Å². The molecule has 110 valence electrons. The zero-order valence-corrected chi connectivity index (χ0v) is 14.0. The first-order valence-electron chi connectivity index (χ1n) is 7.24. The van der Waals surface area contributed by atoms with Gasteiger partial charge < -0.3 is 10.2 Å². The minimum absolute atomic E-state index is 0.191. The summed E-state index contributed by atoms with van der Waals surface area (Å²) in [5.74, 6) is 0.682. The number of piperidine rings is 1. The van der Waals surface area contributed by atoms with Crippen LogP contribution in [-0.4, -0.2) is 29.9 Å². The Hall–Kier alpha value is -0.870. The lowest BCUT2D eigenvalue weighted by Crippen LogP contribution is -2.50. The maximum Gasteiger partial charge on any atom is 0.219 e. The molecule has 3 nitrogen and oxygen atoms in total. The Labute approximate surface area is 129 Å². The van der Waals surface area contributed by atoms with E-state index in [4.69, 9.17) is 0 Å². The predicted octanol–water partition coefficient (Wildman–Crippen LogP) is 3.36. The molecule has 1 aliphatic rings. The van der Waals surface area contributed by atoms with Gasteiger partial charge in [-0.1, -0.05) is 35.0 Å². The average Bonchev–Trinajstić information content (AvgIpc) is 2.41. The molecule has 4 heteroatoms. The number of nitrogens with one attached hydrogen (secondary N) is 1. The van der Waals surface area contributed by atoms with Crippen molar-refractivity contribution in [2.45, 2.75) is 39.3 Å². The van der Waals surface area contributed by atoms with E-state index in [2.05, 4.69) is 59.4 Å². The lowest BCUT2D eigenvalue weighted by molar-refractivity contribution is -0.130. The summed E-state index contributed by atoms with van der Waals surface area (Å²) < 4.78 is 1.11. The summed E-state index contributed by atoms with van der Waals surface area (Å²) >= 11 is 3.46. The van der Waals surface area contributed by atoms with Crippen molar-refractivity contribution in [1.29, 1.82) is 0 Å². The van der Waals surface area contributed by atoms with Gasteiger partial charge in [0.2, 0.25) is 5.91 Å². The Morgan fingerprint density at radius 2 is 2.05 bits per heavy atom. The number of rotatable bonds is 3. The fourth-order valence-electron chi connectivity index (χ4n) is 2.85. The van der Waals surface area contributed by atoms with Gasteiger partial charge in [-0.2, -0.15) is 0 Å². The zero-order valence-electron chi connectivity index (χ0n) is 12.4. The highest BCUT2D eigenvalue weighted by atomic mass is 79.9. The maximum absolute atomic E-state index is 11.4. The molecule has 1 saturated heterocycles. The Balaban J connectivity index is 1.93. The monoisotopic (exact) mass is 338 g/mol. The van der Waals surface area contributed by atoms with E-state index in [-0.39, 0.29) is 5.91 Å². The molecule has 0 saturated carbocycles. The first-order chi connectivity index (χ1) is 9.47. The molecule has 1 N–H and O–H groups in total. The summed E-state index contributed by atoms with van der Waals surface area (Å²) in [6, 6.07) is 9.27. The van der Waals surface area contributed by atoms with Crippen molar-refractivity contribution >= 4 is 21.8 Å². The third-order valence-electron chi connectivity index (χ3n) is 4.18. The summed E-state index contributed by atoms with van der Waals surface area (Å²) in [4.78, 5) is 13.4. The number of hydrogen-bond donors (Lipinski definition) is 1. The molecule has 20 heavy (non-hydrogen) atoms. The highest BCUT2D eigenvalue weighted by molar-refractivity contribution is 9.10. The molecule has 0 spiro atoms. The molecule has 0 bridgehead atoms. The molecule has 1 aliphatic heterocycles. The molecule has 2 rings (SSSR count). The van der Waals surface area contributed by atoms with Crippen LogP contribution in [0.5, 0.6) is 0 Å². The first-order valence-corrected chi connectivity index (χ1v) is 8.03. The minimum atomic E-state index is 0.191. The smallest absolute Gasteiger partial charge is 0.219 e. The highest BCUT2D eigenvalue weighted by Gasteiger charge is 2.28. The number of amides is 1. The van der Waals surface area contributed by atoms with Gasteiger partial charge in [-0.05, 0) is 37.0 Å². The second kappa shape index (κ2) is 6.72. The van der Waals surface area contributed by atoms with Crippen LogP contribution < -0.4 is 5.32 Å². The first kappa shape index (κ1) is 15.5. The van der Waals surface area contributed by atoms with Crippen LogP contribution in [0.1, 0.15) is 38.8 Å². The minimum Gasteiger partial charge on any atom is -0.343 e. The Morgan fingerprint density at radius 3 is 2.60 bits per heavy atom. The quantitative estimate of drug-likeness (QED) is 0.916. The van der Waals surface area contributed by atoms with Crippen molar-refractivity contribution in [2.75, 3.05) is 13.1 Å². The van der Waals surface area contributed by atoms with Gasteiger partial charge in [-0.3, -0.25) is 4.79 Å². The number of carbonyl (C=O) groups is 1. The van der Waals surface area contributed by atoms with Crippen molar-refractivity contribution in [3.05, 3.63) is 34.3 Å². The topological polar surface area (TPSA) is 32.3 Å². The standard InChI is InChI=1S/C16H23BrN2O/c1-11-10-19(13(3)20)9-8-16(11)18-12(2)14-4-6-15(17)7-5-14/h4-7,11-12,16,18H,8-10H2,1-3H3/t11-,12-,16+/m1/s1. The molecular formula is C16H23BrN2O. The molecule has 0 radical (unpaired) electrons. The van der Waals surface area contributed by atoms with Crippen LogP contribution in [0.25, 0.3) is 0 Å². The van der Waals surface area contributed by atoms with Crippen LogP contribution in [-0.2, 0) is 4.79 Å². The largest absolute Gasteiger partial charge is 0.343 e. The molecule has 3 atom stereocenters. The van der Waals surface area contributed by atoms with Gasteiger partial charge in [0.05, 0.1) is 0 Å². The lowest BCUT2D eigenvalue weighted by Gasteiger charge is -2.38. The van der Waals surface area contributed by atoms with Gasteiger partial charge in [-0.25, -0.2) is 0 Å². The van der Waals surface area contributed by atoms with Crippen LogP contribution in [0, 0.1) is 5.92 Å². The molecule has 0 unspecified atom stereocenters. The molecule has 1 aromatic rings. The van der Waals surface area contributed by atoms with Crippen LogP contribution in [0.4, 0.5) is 0 Å². The fourth-order valence-corrected chi connectivity index (χ4v) is 3.11. The third kappa shape index (κ3) is 3.83. The van der Waals surface area contributed by atoms with Gasteiger partial charge >= 0.3 is 0 Å². The molecule has 1 aromatic carbocycles. The number of likely N-dealkylation sites (tertiary alicyclic amines) is 1. The van der Waals surface area contributed by atoms with Crippen molar-refractivity contribution < 1.29 is 4.79 Å². The van der Waals surface area contributed by atoms with Crippen LogP contribution in [0.2, 0.25) is 0 Å². The van der Waals surface area contributed by atoms with Crippen molar-refractivity contribution in [2.24, 2.45) is 5.92 Å².